The van der Waals surface area contributed by atoms with Gasteiger partial charge in [0, 0.05) is 32.7 Å². The van der Waals surface area contributed by atoms with Crippen LogP contribution in [-0.4, -0.2) is 40.1 Å². The molecule has 4 nitrogen and oxygen atoms in total. The molecule has 1 aromatic heterocycles. The summed E-state index contributed by atoms with van der Waals surface area (Å²) in [6, 6.07) is 1.73. The van der Waals surface area contributed by atoms with Crippen molar-refractivity contribution < 1.29 is 4.79 Å². The maximum absolute atomic E-state index is 11.9. The van der Waals surface area contributed by atoms with Crippen LogP contribution in [0.3, 0.4) is 0 Å². The van der Waals surface area contributed by atoms with E-state index in [1.165, 1.54) is 0 Å². The highest BCUT2D eigenvalue weighted by atomic mass is 35.5. The fraction of sp³-hybridized carbons (Fsp3) is 0.636. The van der Waals surface area contributed by atoms with Gasteiger partial charge in [-0.05, 0) is 18.9 Å². The number of nitrogens with zero attached hydrogens (tertiary/aromatic N) is 3. The number of alkyl halides is 1. The lowest BCUT2D eigenvalue weighted by Crippen LogP contribution is -2.29. The third kappa shape index (κ3) is 3.52. The van der Waals surface area contributed by atoms with Crippen LogP contribution < -0.4 is 0 Å². The van der Waals surface area contributed by atoms with E-state index >= 15 is 0 Å². The number of amides is 1. The highest BCUT2D eigenvalue weighted by Gasteiger charge is 2.14. The molecule has 0 bridgehead atoms. The van der Waals surface area contributed by atoms with Crippen molar-refractivity contribution in [1.29, 1.82) is 0 Å². The Balaban J connectivity index is 2.40. The fourth-order valence-corrected chi connectivity index (χ4v) is 1.69. The van der Waals surface area contributed by atoms with Crippen molar-refractivity contribution in [3.63, 3.8) is 0 Å². The van der Waals surface area contributed by atoms with Crippen molar-refractivity contribution in [2.45, 2.75) is 19.3 Å². The molecule has 0 saturated heterocycles. The molecule has 1 aromatic rings. The van der Waals surface area contributed by atoms with E-state index < -0.39 is 0 Å². The molecule has 0 saturated carbocycles. The molecular formula is C11H18ClN3O. The topological polar surface area (TPSA) is 38.1 Å². The van der Waals surface area contributed by atoms with E-state index in [0.29, 0.717) is 11.6 Å². The van der Waals surface area contributed by atoms with E-state index in [4.69, 9.17) is 11.6 Å². The van der Waals surface area contributed by atoms with E-state index in [9.17, 15) is 4.79 Å². The summed E-state index contributed by atoms with van der Waals surface area (Å²) in [4.78, 5) is 13.7. The van der Waals surface area contributed by atoms with Crippen LogP contribution in [0.4, 0.5) is 0 Å². The summed E-state index contributed by atoms with van der Waals surface area (Å²) in [6.45, 7) is 0.765. The van der Waals surface area contributed by atoms with Crippen molar-refractivity contribution in [3.8, 4) is 0 Å². The monoisotopic (exact) mass is 243 g/mol. The molecule has 0 aliphatic rings. The minimum Gasteiger partial charge on any atom is -0.340 e. The van der Waals surface area contributed by atoms with Crippen LogP contribution >= 0.6 is 11.6 Å². The zero-order valence-electron chi connectivity index (χ0n) is 9.82. The van der Waals surface area contributed by atoms with Gasteiger partial charge in [0.25, 0.3) is 5.91 Å². The van der Waals surface area contributed by atoms with Gasteiger partial charge in [-0.25, -0.2) is 0 Å². The molecule has 0 unspecified atom stereocenters. The number of halogens is 1. The molecule has 0 aliphatic heterocycles. The third-order valence-corrected chi connectivity index (χ3v) is 2.78. The van der Waals surface area contributed by atoms with Gasteiger partial charge in [-0.2, -0.15) is 5.10 Å². The Kier molecular flexibility index (Phi) is 5.32. The molecule has 16 heavy (non-hydrogen) atoms. The number of aryl methyl sites for hydroxylation is 1. The van der Waals surface area contributed by atoms with Crippen LogP contribution in [0.5, 0.6) is 0 Å². The van der Waals surface area contributed by atoms with Crippen molar-refractivity contribution in [1.82, 2.24) is 14.7 Å². The first-order chi connectivity index (χ1) is 7.66. The number of unbranched alkanes of at least 4 members (excludes halogenated alkanes) is 2. The van der Waals surface area contributed by atoms with Gasteiger partial charge in [0.15, 0.2) is 0 Å². The molecule has 0 aromatic carbocycles. The van der Waals surface area contributed by atoms with Gasteiger partial charge in [-0.3, -0.25) is 9.48 Å². The quantitative estimate of drug-likeness (QED) is 0.565. The average Bonchev–Trinajstić information content (AvgIpc) is 2.69. The number of carbonyl (C=O) groups excluding carboxylic acids is 1. The van der Waals surface area contributed by atoms with Crippen LogP contribution in [0.25, 0.3) is 0 Å². The predicted octanol–water partition coefficient (Wildman–Crippen LogP) is 1.90. The van der Waals surface area contributed by atoms with E-state index in [1.807, 2.05) is 7.05 Å². The lowest BCUT2D eigenvalue weighted by Gasteiger charge is -2.16. The first-order valence-electron chi connectivity index (χ1n) is 5.46. The Bertz CT molecular complexity index is 338. The standard InChI is InChI=1S/C11H18ClN3O/c1-14(9-5-3-4-7-12)11(16)10-6-8-13-15(10)2/h6,8H,3-5,7,9H2,1-2H3. The molecule has 0 fully saturated rings. The van der Waals surface area contributed by atoms with E-state index in [1.54, 1.807) is 28.9 Å². The van der Waals surface area contributed by atoms with Crippen molar-refractivity contribution in [2.75, 3.05) is 19.5 Å². The number of hydrogen-bond donors (Lipinski definition) is 0. The van der Waals surface area contributed by atoms with Crippen LogP contribution in [0, 0.1) is 0 Å². The predicted molar refractivity (Wildman–Crippen MR) is 64.7 cm³/mol. The summed E-state index contributed by atoms with van der Waals surface area (Å²) in [5.41, 5.74) is 0.625. The minimum atomic E-state index is 0.0193. The van der Waals surface area contributed by atoms with Crippen molar-refractivity contribution in [2.24, 2.45) is 7.05 Å². The van der Waals surface area contributed by atoms with E-state index in [2.05, 4.69) is 5.10 Å². The van der Waals surface area contributed by atoms with E-state index in [0.717, 1.165) is 25.8 Å². The smallest absolute Gasteiger partial charge is 0.271 e. The Morgan fingerprint density at radius 1 is 1.50 bits per heavy atom. The summed E-state index contributed by atoms with van der Waals surface area (Å²) < 4.78 is 1.59. The first-order valence-corrected chi connectivity index (χ1v) is 5.99. The second kappa shape index (κ2) is 6.53. The lowest BCUT2D eigenvalue weighted by molar-refractivity contribution is 0.0782. The Morgan fingerprint density at radius 2 is 2.25 bits per heavy atom. The number of carbonyl (C=O) groups is 1. The van der Waals surface area contributed by atoms with Crippen molar-refractivity contribution in [3.05, 3.63) is 18.0 Å². The highest BCUT2D eigenvalue weighted by molar-refractivity contribution is 6.17. The van der Waals surface area contributed by atoms with Gasteiger partial charge in [-0.1, -0.05) is 6.42 Å². The van der Waals surface area contributed by atoms with Crippen LogP contribution in [0.15, 0.2) is 12.3 Å². The second-order valence-electron chi connectivity index (χ2n) is 3.82. The summed E-state index contributed by atoms with van der Waals surface area (Å²) in [6.07, 6.45) is 4.70. The molecule has 0 aliphatic carbocycles. The Morgan fingerprint density at radius 3 is 2.81 bits per heavy atom. The lowest BCUT2D eigenvalue weighted by atomic mass is 10.2. The summed E-state index contributed by atoms with van der Waals surface area (Å²) in [5, 5.41) is 3.98. The van der Waals surface area contributed by atoms with Gasteiger partial charge in [-0.15, -0.1) is 11.6 Å². The SMILES string of the molecule is CN(CCCCCCl)C(=O)c1ccnn1C. The zero-order valence-corrected chi connectivity index (χ0v) is 10.6. The summed E-state index contributed by atoms with van der Waals surface area (Å²) >= 11 is 5.59. The highest BCUT2D eigenvalue weighted by Crippen LogP contribution is 2.04. The number of hydrogen-bond acceptors (Lipinski definition) is 2. The average molecular weight is 244 g/mol. The Hall–Kier alpha value is -1.03. The number of aromatic nitrogens is 2. The molecule has 0 radical (unpaired) electrons. The normalized spacial score (nSPS) is 10.4. The molecule has 0 atom stereocenters. The van der Waals surface area contributed by atoms with Gasteiger partial charge in [0.2, 0.25) is 0 Å². The van der Waals surface area contributed by atoms with Crippen LogP contribution in [0.2, 0.25) is 0 Å². The molecule has 5 heteroatoms. The maximum Gasteiger partial charge on any atom is 0.271 e. The number of rotatable bonds is 6. The van der Waals surface area contributed by atoms with Gasteiger partial charge in [0.05, 0.1) is 0 Å². The molecule has 90 valence electrons. The molecule has 0 spiro atoms. The molecule has 0 N–H and O–H groups in total. The fourth-order valence-electron chi connectivity index (χ4n) is 1.50. The van der Waals surface area contributed by atoms with Gasteiger partial charge < -0.3 is 4.90 Å². The van der Waals surface area contributed by atoms with Crippen LogP contribution in [-0.2, 0) is 7.05 Å². The first kappa shape index (κ1) is 13.0. The summed E-state index contributed by atoms with van der Waals surface area (Å²) in [7, 11) is 3.59. The van der Waals surface area contributed by atoms with E-state index in [-0.39, 0.29) is 5.91 Å². The van der Waals surface area contributed by atoms with Gasteiger partial charge in [0.1, 0.15) is 5.69 Å². The van der Waals surface area contributed by atoms with Crippen LogP contribution in [0.1, 0.15) is 29.8 Å². The Labute approximate surface area is 101 Å². The third-order valence-electron chi connectivity index (χ3n) is 2.51. The molecular weight excluding hydrogens is 226 g/mol. The molecule has 1 rings (SSSR count). The molecule has 1 heterocycles. The van der Waals surface area contributed by atoms with Crippen molar-refractivity contribution >= 4 is 17.5 Å². The minimum absolute atomic E-state index is 0.0193. The second-order valence-corrected chi connectivity index (χ2v) is 4.19. The maximum atomic E-state index is 11.9. The van der Waals surface area contributed by atoms with Gasteiger partial charge >= 0.3 is 0 Å². The molecule has 1 amide bonds. The summed E-state index contributed by atoms with van der Waals surface area (Å²) in [5.74, 6) is 0.713. The zero-order chi connectivity index (χ0) is 12.0. The largest absolute Gasteiger partial charge is 0.340 e.